The Morgan fingerprint density at radius 2 is 1.90 bits per heavy atom. The first kappa shape index (κ1) is 18.9. The van der Waals surface area contributed by atoms with Gasteiger partial charge in [0.15, 0.2) is 5.82 Å². The van der Waals surface area contributed by atoms with Gasteiger partial charge in [0.2, 0.25) is 5.91 Å². The highest BCUT2D eigenvalue weighted by molar-refractivity contribution is 5.93. The highest BCUT2D eigenvalue weighted by Gasteiger charge is 2.16. The number of nitrogens with one attached hydrogen (secondary N) is 1. The molecule has 1 aliphatic rings. The first-order valence-electron chi connectivity index (χ1n) is 9.75. The molecular weight excluding hydrogens is 368 g/mol. The summed E-state index contributed by atoms with van der Waals surface area (Å²) in [5, 5.41) is 20.7. The number of rotatable bonds is 5. The lowest BCUT2D eigenvalue weighted by Gasteiger charge is -2.10. The van der Waals surface area contributed by atoms with E-state index in [-0.39, 0.29) is 17.9 Å². The quantitative estimate of drug-likeness (QED) is 0.694. The van der Waals surface area contributed by atoms with E-state index >= 15 is 0 Å². The summed E-state index contributed by atoms with van der Waals surface area (Å²) in [6.07, 6.45) is 4.49. The number of aryl methyl sites for hydroxylation is 1. The lowest BCUT2D eigenvalue weighted by Crippen LogP contribution is -2.14. The summed E-state index contributed by atoms with van der Waals surface area (Å²) < 4.78 is 2.17. The standard InChI is InChI=1S/C22H22N4O3/c27-20(13-15-6-4-8-17(12-15)22(28)29)23-18-9-5-7-16(14-18)21-25-24-19-10-2-1-3-11-26(19)21/h4-9,12,14H,1-3,10-11,13H2,(H,23,27)(H,28,29). The molecular formula is C22H22N4O3. The molecule has 0 saturated heterocycles. The summed E-state index contributed by atoms with van der Waals surface area (Å²) in [5.41, 5.74) is 2.41. The van der Waals surface area contributed by atoms with Crippen LogP contribution in [0.15, 0.2) is 48.5 Å². The van der Waals surface area contributed by atoms with E-state index < -0.39 is 5.97 Å². The van der Waals surface area contributed by atoms with Gasteiger partial charge in [0.1, 0.15) is 5.82 Å². The topological polar surface area (TPSA) is 97.1 Å². The molecule has 2 N–H and O–H groups in total. The molecule has 0 spiro atoms. The van der Waals surface area contributed by atoms with Crippen molar-refractivity contribution >= 4 is 17.6 Å². The second-order valence-corrected chi connectivity index (χ2v) is 7.21. The van der Waals surface area contributed by atoms with E-state index in [4.69, 9.17) is 5.11 Å². The number of carbonyl (C=O) groups excluding carboxylic acids is 1. The molecule has 0 bridgehead atoms. The fraction of sp³-hybridized carbons (Fsp3) is 0.273. The van der Waals surface area contributed by atoms with Gasteiger partial charge in [-0.15, -0.1) is 10.2 Å². The van der Waals surface area contributed by atoms with Crippen molar-refractivity contribution < 1.29 is 14.7 Å². The molecule has 1 aromatic heterocycles. The third-order valence-electron chi connectivity index (χ3n) is 5.05. The second-order valence-electron chi connectivity index (χ2n) is 7.21. The average molecular weight is 390 g/mol. The fourth-order valence-electron chi connectivity index (χ4n) is 3.64. The van der Waals surface area contributed by atoms with Crippen LogP contribution in [0.4, 0.5) is 5.69 Å². The minimum atomic E-state index is -1.01. The zero-order chi connectivity index (χ0) is 20.2. The Morgan fingerprint density at radius 3 is 2.76 bits per heavy atom. The maximum Gasteiger partial charge on any atom is 0.335 e. The van der Waals surface area contributed by atoms with Crippen LogP contribution in [0.2, 0.25) is 0 Å². The number of benzene rings is 2. The monoisotopic (exact) mass is 390 g/mol. The van der Waals surface area contributed by atoms with E-state index in [2.05, 4.69) is 20.1 Å². The van der Waals surface area contributed by atoms with Crippen molar-refractivity contribution in [2.75, 3.05) is 5.32 Å². The normalized spacial score (nSPS) is 13.4. The van der Waals surface area contributed by atoms with Crippen molar-refractivity contribution in [3.63, 3.8) is 0 Å². The van der Waals surface area contributed by atoms with Crippen LogP contribution in [-0.4, -0.2) is 31.7 Å². The minimum Gasteiger partial charge on any atom is -0.478 e. The van der Waals surface area contributed by atoms with Gasteiger partial charge < -0.3 is 15.0 Å². The van der Waals surface area contributed by atoms with Crippen LogP contribution in [0.5, 0.6) is 0 Å². The van der Waals surface area contributed by atoms with Crippen LogP contribution >= 0.6 is 0 Å². The molecule has 29 heavy (non-hydrogen) atoms. The Bertz CT molecular complexity index is 1060. The number of amides is 1. The van der Waals surface area contributed by atoms with Gasteiger partial charge in [-0.2, -0.15) is 0 Å². The number of aromatic nitrogens is 3. The molecule has 4 rings (SSSR count). The molecule has 7 nitrogen and oxygen atoms in total. The van der Waals surface area contributed by atoms with Gasteiger partial charge in [-0.3, -0.25) is 4.79 Å². The van der Waals surface area contributed by atoms with Crippen molar-refractivity contribution in [3.05, 3.63) is 65.5 Å². The van der Waals surface area contributed by atoms with E-state index in [0.29, 0.717) is 11.3 Å². The predicted octanol–water partition coefficient (Wildman–Crippen LogP) is 3.55. The van der Waals surface area contributed by atoms with Gasteiger partial charge in [0.25, 0.3) is 0 Å². The second kappa shape index (κ2) is 8.26. The van der Waals surface area contributed by atoms with Crippen LogP contribution in [-0.2, 0) is 24.2 Å². The van der Waals surface area contributed by atoms with Gasteiger partial charge in [-0.25, -0.2) is 4.79 Å². The Kier molecular flexibility index (Phi) is 5.37. The van der Waals surface area contributed by atoms with E-state index in [9.17, 15) is 9.59 Å². The maximum atomic E-state index is 12.4. The van der Waals surface area contributed by atoms with Crippen molar-refractivity contribution in [2.45, 2.75) is 38.6 Å². The number of carboxylic acid groups (broad SMARTS) is 1. The van der Waals surface area contributed by atoms with Crippen LogP contribution < -0.4 is 5.32 Å². The minimum absolute atomic E-state index is 0.103. The summed E-state index contributed by atoms with van der Waals surface area (Å²) >= 11 is 0. The molecule has 2 heterocycles. The lowest BCUT2D eigenvalue weighted by atomic mass is 10.1. The highest BCUT2D eigenvalue weighted by atomic mass is 16.4. The third-order valence-corrected chi connectivity index (χ3v) is 5.05. The maximum absolute atomic E-state index is 12.4. The molecule has 3 aromatic rings. The van der Waals surface area contributed by atoms with Crippen LogP contribution in [0.1, 0.15) is 41.0 Å². The van der Waals surface area contributed by atoms with Gasteiger partial charge >= 0.3 is 5.97 Å². The number of aromatic carboxylic acids is 1. The Morgan fingerprint density at radius 1 is 1.03 bits per heavy atom. The van der Waals surface area contributed by atoms with Crippen molar-refractivity contribution in [2.24, 2.45) is 0 Å². The molecule has 0 aliphatic carbocycles. The summed E-state index contributed by atoms with van der Waals surface area (Å²) in [7, 11) is 0. The van der Waals surface area contributed by atoms with Crippen LogP contribution in [0.25, 0.3) is 11.4 Å². The van der Waals surface area contributed by atoms with Gasteiger partial charge in [-0.05, 0) is 42.7 Å². The van der Waals surface area contributed by atoms with Crippen LogP contribution in [0.3, 0.4) is 0 Å². The highest BCUT2D eigenvalue weighted by Crippen LogP contribution is 2.25. The average Bonchev–Trinajstić information content (AvgIpc) is 2.96. The molecule has 0 saturated carbocycles. The van der Waals surface area contributed by atoms with Crippen LogP contribution in [0, 0.1) is 0 Å². The predicted molar refractivity (Wildman–Crippen MR) is 109 cm³/mol. The number of carbonyl (C=O) groups is 2. The zero-order valence-electron chi connectivity index (χ0n) is 16.0. The molecule has 2 aromatic carbocycles. The number of fused-ring (bicyclic) bond motifs is 1. The van der Waals surface area contributed by atoms with E-state index in [1.807, 2.05) is 24.3 Å². The van der Waals surface area contributed by atoms with E-state index in [0.717, 1.165) is 43.0 Å². The van der Waals surface area contributed by atoms with Crippen molar-refractivity contribution in [1.29, 1.82) is 0 Å². The summed E-state index contributed by atoms with van der Waals surface area (Å²) in [6.45, 7) is 0.911. The third kappa shape index (κ3) is 4.34. The summed E-state index contributed by atoms with van der Waals surface area (Å²) in [5.74, 6) is 0.634. The van der Waals surface area contributed by atoms with Gasteiger partial charge in [0.05, 0.1) is 12.0 Å². The molecule has 1 amide bonds. The number of hydrogen-bond acceptors (Lipinski definition) is 4. The van der Waals surface area contributed by atoms with E-state index in [1.54, 1.807) is 12.1 Å². The molecule has 1 aliphatic heterocycles. The van der Waals surface area contributed by atoms with Crippen molar-refractivity contribution in [1.82, 2.24) is 14.8 Å². The molecule has 0 atom stereocenters. The molecule has 0 radical (unpaired) electrons. The van der Waals surface area contributed by atoms with E-state index in [1.165, 1.54) is 18.6 Å². The molecule has 0 fully saturated rings. The first-order valence-corrected chi connectivity index (χ1v) is 9.75. The number of nitrogens with zero attached hydrogens (tertiary/aromatic N) is 3. The molecule has 7 heteroatoms. The first-order chi connectivity index (χ1) is 14.1. The van der Waals surface area contributed by atoms with Gasteiger partial charge in [-0.1, -0.05) is 30.7 Å². The van der Waals surface area contributed by atoms with Crippen molar-refractivity contribution in [3.8, 4) is 11.4 Å². The fourth-order valence-corrected chi connectivity index (χ4v) is 3.64. The summed E-state index contributed by atoms with van der Waals surface area (Å²) in [4.78, 5) is 23.5. The number of carboxylic acids is 1. The Labute approximate surface area is 168 Å². The lowest BCUT2D eigenvalue weighted by molar-refractivity contribution is -0.115. The Hall–Kier alpha value is -3.48. The SMILES string of the molecule is O=C(Cc1cccc(C(=O)O)c1)Nc1cccc(-c2nnc3n2CCCCC3)c1. The zero-order valence-corrected chi connectivity index (χ0v) is 16.0. The molecule has 148 valence electrons. The molecule has 0 unspecified atom stereocenters. The van der Waals surface area contributed by atoms with Gasteiger partial charge in [0, 0.05) is 24.2 Å². The number of anilines is 1. The summed E-state index contributed by atoms with van der Waals surface area (Å²) in [6, 6.07) is 14.0. The smallest absolute Gasteiger partial charge is 0.335 e. The largest absolute Gasteiger partial charge is 0.478 e. The Balaban J connectivity index is 1.50. The number of hydrogen-bond donors (Lipinski definition) is 2.